The number of hydrogen-bond donors (Lipinski definition) is 1. The van der Waals surface area contributed by atoms with Crippen molar-refractivity contribution in [3.05, 3.63) is 32.7 Å². The second kappa shape index (κ2) is 6.17. The average molecular weight is 377 g/mol. The molecule has 0 aliphatic carbocycles. The van der Waals surface area contributed by atoms with Crippen LogP contribution in [-0.4, -0.2) is 29.1 Å². The number of carbonyl (C=O) groups is 1. The van der Waals surface area contributed by atoms with E-state index in [0.29, 0.717) is 0 Å². The van der Waals surface area contributed by atoms with Crippen molar-refractivity contribution in [2.24, 2.45) is 5.92 Å². The van der Waals surface area contributed by atoms with E-state index in [1.807, 2.05) is 12.1 Å². The third kappa shape index (κ3) is 3.56. The van der Waals surface area contributed by atoms with Crippen molar-refractivity contribution in [1.82, 2.24) is 4.90 Å². The Morgan fingerprint density at radius 3 is 2.61 bits per heavy atom. The lowest BCUT2D eigenvalue weighted by Crippen LogP contribution is -2.35. The van der Waals surface area contributed by atoms with Crippen molar-refractivity contribution >= 4 is 37.8 Å². The van der Waals surface area contributed by atoms with E-state index >= 15 is 0 Å². The summed E-state index contributed by atoms with van der Waals surface area (Å²) in [7, 11) is 0. The summed E-state index contributed by atoms with van der Waals surface area (Å²) in [6, 6.07) is 6.14. The Morgan fingerprint density at radius 2 is 2.00 bits per heavy atom. The maximum Gasteiger partial charge on any atom is 0.306 e. The highest BCUT2D eigenvalue weighted by atomic mass is 79.9. The molecule has 18 heavy (non-hydrogen) atoms. The molecule has 0 radical (unpaired) electrons. The van der Waals surface area contributed by atoms with Crippen molar-refractivity contribution in [2.45, 2.75) is 19.4 Å². The predicted molar refractivity (Wildman–Crippen MR) is 77.5 cm³/mol. The molecule has 98 valence electrons. The second-order valence-corrected chi connectivity index (χ2v) is 6.39. The highest BCUT2D eigenvalue weighted by Gasteiger charge is 2.24. The van der Waals surface area contributed by atoms with Gasteiger partial charge in [0.1, 0.15) is 0 Å². The fraction of sp³-hybridized carbons (Fsp3) is 0.462. The molecular weight excluding hydrogens is 362 g/mol. The molecule has 0 atom stereocenters. The third-order valence-corrected chi connectivity index (χ3v) is 4.61. The Hall–Kier alpha value is -0.390. The van der Waals surface area contributed by atoms with E-state index in [1.54, 1.807) is 0 Å². The van der Waals surface area contributed by atoms with Gasteiger partial charge in [-0.2, -0.15) is 0 Å². The second-order valence-electron chi connectivity index (χ2n) is 4.62. The first-order valence-electron chi connectivity index (χ1n) is 5.95. The lowest BCUT2D eigenvalue weighted by atomic mass is 9.97. The van der Waals surface area contributed by atoms with Crippen molar-refractivity contribution in [3.8, 4) is 0 Å². The van der Waals surface area contributed by atoms with E-state index in [-0.39, 0.29) is 5.92 Å². The molecule has 0 saturated carbocycles. The molecule has 0 bridgehead atoms. The minimum Gasteiger partial charge on any atom is -0.481 e. The van der Waals surface area contributed by atoms with Gasteiger partial charge in [0.2, 0.25) is 0 Å². The van der Waals surface area contributed by atoms with Gasteiger partial charge in [0.05, 0.1) is 5.92 Å². The molecule has 0 amide bonds. The highest BCUT2D eigenvalue weighted by Crippen LogP contribution is 2.25. The van der Waals surface area contributed by atoms with Gasteiger partial charge in [-0.3, -0.25) is 9.69 Å². The number of aliphatic carboxylic acids is 1. The van der Waals surface area contributed by atoms with Crippen LogP contribution in [0.3, 0.4) is 0 Å². The zero-order valence-corrected chi connectivity index (χ0v) is 13.1. The van der Waals surface area contributed by atoms with Crippen molar-refractivity contribution < 1.29 is 9.90 Å². The fourth-order valence-electron chi connectivity index (χ4n) is 2.24. The summed E-state index contributed by atoms with van der Waals surface area (Å²) in [5, 5.41) is 8.96. The molecule has 1 aliphatic heterocycles. The monoisotopic (exact) mass is 375 g/mol. The Bertz CT molecular complexity index is 443. The summed E-state index contributed by atoms with van der Waals surface area (Å²) in [6.45, 7) is 2.58. The van der Waals surface area contributed by atoms with E-state index in [0.717, 1.165) is 41.4 Å². The topological polar surface area (TPSA) is 40.5 Å². The number of rotatable bonds is 3. The minimum atomic E-state index is -0.654. The quantitative estimate of drug-likeness (QED) is 0.877. The summed E-state index contributed by atoms with van der Waals surface area (Å²) in [5.74, 6) is -0.814. The predicted octanol–water partition coefficient (Wildman–Crippen LogP) is 3.51. The summed E-state index contributed by atoms with van der Waals surface area (Å²) >= 11 is 7.02. The van der Waals surface area contributed by atoms with Gasteiger partial charge < -0.3 is 5.11 Å². The molecule has 2 rings (SSSR count). The van der Waals surface area contributed by atoms with Gasteiger partial charge >= 0.3 is 5.97 Å². The number of carboxylic acids is 1. The zero-order chi connectivity index (χ0) is 13.1. The lowest BCUT2D eigenvalue weighted by molar-refractivity contribution is -0.143. The molecule has 0 aromatic heterocycles. The normalized spacial score (nSPS) is 17.9. The van der Waals surface area contributed by atoms with Crippen LogP contribution in [0.25, 0.3) is 0 Å². The molecule has 0 spiro atoms. The van der Waals surface area contributed by atoms with Crippen LogP contribution in [0.15, 0.2) is 27.1 Å². The van der Waals surface area contributed by atoms with E-state index in [1.165, 1.54) is 5.56 Å². The van der Waals surface area contributed by atoms with E-state index < -0.39 is 5.97 Å². The number of benzene rings is 1. The van der Waals surface area contributed by atoms with E-state index in [9.17, 15) is 4.79 Å². The first-order chi connectivity index (χ1) is 8.56. The van der Waals surface area contributed by atoms with Crippen LogP contribution < -0.4 is 0 Å². The first-order valence-corrected chi connectivity index (χ1v) is 7.54. The molecule has 1 heterocycles. The van der Waals surface area contributed by atoms with Gasteiger partial charge in [-0.1, -0.05) is 31.9 Å². The van der Waals surface area contributed by atoms with Gasteiger partial charge in [-0.15, -0.1) is 0 Å². The maximum atomic E-state index is 10.9. The Morgan fingerprint density at radius 1 is 1.33 bits per heavy atom. The number of nitrogens with zero attached hydrogens (tertiary/aromatic N) is 1. The minimum absolute atomic E-state index is 0.160. The fourth-order valence-corrected chi connectivity index (χ4v) is 3.02. The molecule has 1 saturated heterocycles. The molecule has 1 N–H and O–H groups in total. The van der Waals surface area contributed by atoms with Crippen LogP contribution in [0.5, 0.6) is 0 Å². The average Bonchev–Trinajstić information content (AvgIpc) is 2.34. The summed E-state index contributed by atoms with van der Waals surface area (Å²) in [6.07, 6.45) is 1.50. The van der Waals surface area contributed by atoms with Gasteiger partial charge in [0.15, 0.2) is 0 Å². The van der Waals surface area contributed by atoms with Crippen molar-refractivity contribution in [2.75, 3.05) is 13.1 Å². The number of likely N-dealkylation sites (tertiary alicyclic amines) is 1. The van der Waals surface area contributed by atoms with Crippen molar-refractivity contribution in [3.63, 3.8) is 0 Å². The number of hydrogen-bond acceptors (Lipinski definition) is 2. The zero-order valence-electron chi connectivity index (χ0n) is 9.90. The summed E-state index contributed by atoms with van der Waals surface area (Å²) in [4.78, 5) is 13.2. The Labute approximate surface area is 123 Å². The molecule has 3 nitrogen and oxygen atoms in total. The van der Waals surface area contributed by atoms with Gasteiger partial charge in [0.25, 0.3) is 0 Å². The first kappa shape index (κ1) is 14.0. The number of halogens is 2. The van der Waals surface area contributed by atoms with Crippen LogP contribution in [-0.2, 0) is 11.3 Å². The SMILES string of the molecule is O=C(O)C1CCN(Cc2cc(Br)ccc2Br)CC1. The van der Waals surface area contributed by atoms with Crippen molar-refractivity contribution in [1.29, 1.82) is 0 Å². The molecule has 1 aliphatic rings. The van der Waals surface area contributed by atoms with Crippen LogP contribution >= 0.6 is 31.9 Å². The Kier molecular flexibility index (Phi) is 4.81. The van der Waals surface area contributed by atoms with E-state index in [4.69, 9.17) is 5.11 Å². The van der Waals surface area contributed by atoms with Gasteiger partial charge in [-0.05, 0) is 49.7 Å². The van der Waals surface area contributed by atoms with Crippen LogP contribution in [0.1, 0.15) is 18.4 Å². The van der Waals surface area contributed by atoms with Gasteiger partial charge in [-0.25, -0.2) is 0 Å². The molecule has 1 aromatic rings. The highest BCUT2D eigenvalue weighted by molar-refractivity contribution is 9.11. The largest absolute Gasteiger partial charge is 0.481 e. The molecule has 5 heteroatoms. The summed E-state index contributed by atoms with van der Waals surface area (Å²) in [5.41, 5.74) is 1.23. The maximum absolute atomic E-state index is 10.9. The molecule has 1 aromatic carbocycles. The summed E-state index contributed by atoms with van der Waals surface area (Å²) < 4.78 is 2.17. The van der Waals surface area contributed by atoms with Crippen LogP contribution in [0.2, 0.25) is 0 Å². The van der Waals surface area contributed by atoms with Crippen LogP contribution in [0, 0.1) is 5.92 Å². The number of piperidine rings is 1. The standard InChI is InChI=1S/C13H15Br2NO2/c14-11-1-2-12(15)10(7-11)8-16-5-3-9(4-6-16)13(17)18/h1-2,7,9H,3-6,8H2,(H,17,18). The molecule has 1 fully saturated rings. The smallest absolute Gasteiger partial charge is 0.306 e. The lowest BCUT2D eigenvalue weighted by Gasteiger charge is -2.30. The number of carboxylic acid groups (broad SMARTS) is 1. The molecule has 0 unspecified atom stereocenters. The van der Waals surface area contributed by atoms with E-state index in [2.05, 4.69) is 42.8 Å². The molecular formula is C13H15Br2NO2. The third-order valence-electron chi connectivity index (χ3n) is 3.34. The van der Waals surface area contributed by atoms with Gasteiger partial charge in [0, 0.05) is 15.5 Å². The Balaban J connectivity index is 1.95. The van der Waals surface area contributed by atoms with Crippen LogP contribution in [0.4, 0.5) is 0 Å².